The zero-order valence-corrected chi connectivity index (χ0v) is 28.5. The molecular weight excluding hydrogens is 594 g/mol. The minimum atomic E-state index is -3.98. The van der Waals surface area contributed by atoms with E-state index in [4.69, 9.17) is 9.47 Å². The van der Waals surface area contributed by atoms with Crippen molar-refractivity contribution in [2.24, 2.45) is 18.9 Å². The lowest BCUT2D eigenvalue weighted by atomic mass is 9.89. The number of aryl methyl sites for hydroxylation is 1. The number of fused-ring (bicyclic) bond motifs is 1. The minimum Gasteiger partial charge on any atom is -0.490 e. The van der Waals surface area contributed by atoms with Crippen molar-refractivity contribution in [3.8, 4) is 5.75 Å². The lowest BCUT2D eigenvalue weighted by Gasteiger charge is -2.36. The summed E-state index contributed by atoms with van der Waals surface area (Å²) in [6, 6.07) is 4.28. The van der Waals surface area contributed by atoms with Crippen LogP contribution in [-0.4, -0.2) is 96.9 Å². The summed E-state index contributed by atoms with van der Waals surface area (Å²) in [7, 11) is -0.121. The summed E-state index contributed by atoms with van der Waals surface area (Å²) >= 11 is 0. The van der Waals surface area contributed by atoms with Gasteiger partial charge in [0.1, 0.15) is 5.75 Å². The molecule has 1 saturated carbocycles. The number of hydrogen-bond donors (Lipinski definition) is 2. The van der Waals surface area contributed by atoms with Crippen LogP contribution in [0.15, 0.2) is 35.7 Å². The molecule has 4 rings (SSSR count). The van der Waals surface area contributed by atoms with Crippen LogP contribution < -0.4 is 9.46 Å². The number of sulfonamides is 1. The summed E-state index contributed by atoms with van der Waals surface area (Å²) in [5.74, 6) is 0.741. The van der Waals surface area contributed by atoms with Crippen LogP contribution >= 0.6 is 0 Å². The molecule has 0 bridgehead atoms. The van der Waals surface area contributed by atoms with Crippen LogP contribution in [0.1, 0.15) is 82.5 Å². The van der Waals surface area contributed by atoms with E-state index < -0.39 is 16.1 Å². The van der Waals surface area contributed by atoms with Crippen molar-refractivity contribution >= 4 is 21.6 Å². The summed E-state index contributed by atoms with van der Waals surface area (Å²) < 4.78 is 43.0. The van der Waals surface area contributed by atoms with E-state index >= 15 is 0 Å². The quantitative estimate of drug-likeness (QED) is 0.407. The fraction of sp³-hybridized carbons (Fsp3) is 0.697. The molecule has 2 N–H and O–H groups in total. The van der Waals surface area contributed by atoms with E-state index in [1.165, 1.54) is 50.7 Å². The van der Waals surface area contributed by atoms with Gasteiger partial charge in [0.25, 0.3) is 15.9 Å². The second-order valence-corrected chi connectivity index (χ2v) is 14.8. The maximum absolute atomic E-state index is 14.3. The predicted molar refractivity (Wildman–Crippen MR) is 175 cm³/mol. The minimum absolute atomic E-state index is 0.0196. The summed E-state index contributed by atoms with van der Waals surface area (Å²) in [4.78, 5) is 22.3. The Hall–Kier alpha value is -2.67. The lowest BCUT2D eigenvalue weighted by Crippen LogP contribution is -2.47. The maximum atomic E-state index is 14.3. The number of carbonyl (C=O) groups excluding carboxylic acids is 1. The lowest BCUT2D eigenvalue weighted by molar-refractivity contribution is -0.0190. The number of amides is 1. The molecule has 12 heteroatoms. The molecule has 4 atom stereocenters. The Bertz CT molecular complexity index is 1340. The highest BCUT2D eigenvalue weighted by molar-refractivity contribution is 7.92. The molecule has 2 aliphatic rings. The van der Waals surface area contributed by atoms with Crippen LogP contribution in [0, 0.1) is 11.8 Å². The van der Waals surface area contributed by atoms with Gasteiger partial charge in [-0.15, -0.1) is 0 Å². The van der Waals surface area contributed by atoms with Gasteiger partial charge in [-0.2, -0.15) is 8.42 Å². The highest BCUT2D eigenvalue weighted by Gasteiger charge is 2.31. The predicted octanol–water partition coefficient (Wildman–Crippen LogP) is 4.53. The molecule has 1 amide bonds. The van der Waals surface area contributed by atoms with Crippen LogP contribution in [0.25, 0.3) is 0 Å². The van der Waals surface area contributed by atoms with Crippen molar-refractivity contribution in [2.75, 3.05) is 44.6 Å². The molecule has 1 aromatic heterocycles. The molecule has 2 heterocycles. The van der Waals surface area contributed by atoms with Gasteiger partial charge in [0.15, 0.2) is 5.03 Å². The fourth-order valence-electron chi connectivity index (χ4n) is 6.38. The van der Waals surface area contributed by atoms with Gasteiger partial charge in [0.05, 0.1) is 36.7 Å². The Morgan fingerprint density at radius 1 is 1.11 bits per heavy atom. The third kappa shape index (κ3) is 9.91. The monoisotopic (exact) mass is 647 g/mol. The second kappa shape index (κ2) is 16.2. The number of aliphatic hydroxyl groups is 1. The van der Waals surface area contributed by atoms with E-state index in [0.717, 1.165) is 32.4 Å². The molecular formula is C33H53N5O6S. The zero-order valence-electron chi connectivity index (χ0n) is 27.7. The van der Waals surface area contributed by atoms with Gasteiger partial charge in [0.2, 0.25) is 0 Å². The van der Waals surface area contributed by atoms with Gasteiger partial charge in [-0.1, -0.05) is 26.2 Å². The molecule has 1 aromatic carbocycles. The number of anilines is 1. The maximum Gasteiger partial charge on any atom is 0.280 e. The van der Waals surface area contributed by atoms with E-state index in [1.54, 1.807) is 28.6 Å². The number of carbonyl (C=O) groups is 1. The van der Waals surface area contributed by atoms with Gasteiger partial charge in [-0.25, -0.2) is 4.98 Å². The van der Waals surface area contributed by atoms with E-state index in [2.05, 4.69) is 28.6 Å². The molecule has 0 saturated heterocycles. The summed E-state index contributed by atoms with van der Waals surface area (Å²) in [6.07, 6.45) is 11.7. The number of aromatic nitrogens is 2. The first-order valence-corrected chi connectivity index (χ1v) is 18.0. The van der Waals surface area contributed by atoms with E-state index in [0.29, 0.717) is 24.8 Å². The molecule has 0 radical (unpaired) electrons. The normalized spacial score (nSPS) is 23.7. The topological polar surface area (TPSA) is 126 Å². The SMILES string of the molecule is C[C@@H]1CCCCO[C@H](CN(C)CC2CCCCC2)[C@@H](C)CN([C@H](C)CO)C(=O)c2cc(NS(=O)(=O)c3cn(C)cn3)ccc2O1. The molecule has 11 nitrogen and oxygen atoms in total. The average molecular weight is 648 g/mol. The number of nitrogens with zero attached hydrogens (tertiary/aromatic N) is 4. The second-order valence-electron chi connectivity index (χ2n) is 13.2. The molecule has 1 aliphatic heterocycles. The van der Waals surface area contributed by atoms with Crippen molar-refractivity contribution < 1.29 is 27.8 Å². The molecule has 45 heavy (non-hydrogen) atoms. The van der Waals surface area contributed by atoms with E-state index in [9.17, 15) is 18.3 Å². The van der Waals surface area contributed by atoms with Crippen molar-refractivity contribution in [1.29, 1.82) is 0 Å². The van der Waals surface area contributed by atoms with E-state index in [-0.39, 0.29) is 46.9 Å². The Balaban J connectivity index is 1.61. The fourth-order valence-corrected chi connectivity index (χ4v) is 7.41. The largest absolute Gasteiger partial charge is 0.490 e. The number of likely N-dealkylation sites (N-methyl/N-ethyl adjacent to an activating group) is 1. The van der Waals surface area contributed by atoms with Crippen molar-refractivity contribution in [2.45, 2.75) is 95.4 Å². The zero-order chi connectivity index (χ0) is 32.6. The summed E-state index contributed by atoms with van der Waals surface area (Å²) in [5.41, 5.74) is 0.458. The Labute approximate surface area is 269 Å². The highest BCUT2D eigenvalue weighted by Crippen LogP contribution is 2.30. The number of imidazole rings is 1. The molecule has 1 fully saturated rings. The first-order valence-electron chi connectivity index (χ1n) is 16.5. The molecule has 252 valence electrons. The average Bonchev–Trinajstić information content (AvgIpc) is 3.46. The number of rotatable bonds is 9. The smallest absolute Gasteiger partial charge is 0.280 e. The summed E-state index contributed by atoms with van der Waals surface area (Å²) in [5, 5.41) is 10.1. The van der Waals surface area contributed by atoms with Gasteiger partial charge in [-0.3, -0.25) is 9.52 Å². The first kappa shape index (κ1) is 35.2. The third-order valence-electron chi connectivity index (χ3n) is 9.05. The Morgan fingerprint density at radius 2 is 1.84 bits per heavy atom. The number of ether oxygens (including phenoxy) is 2. The van der Waals surface area contributed by atoms with Gasteiger partial charge >= 0.3 is 0 Å². The highest BCUT2D eigenvalue weighted by atomic mass is 32.2. The molecule has 0 spiro atoms. The number of nitrogens with one attached hydrogen (secondary N) is 1. The van der Waals surface area contributed by atoms with E-state index in [1.807, 2.05) is 13.8 Å². The van der Waals surface area contributed by atoms with Gasteiger partial charge in [-0.05, 0) is 77.1 Å². The Kier molecular flexibility index (Phi) is 12.7. The van der Waals surface area contributed by atoms with Gasteiger partial charge in [0, 0.05) is 51.1 Å². The van der Waals surface area contributed by atoms with Crippen LogP contribution in [-0.2, 0) is 21.8 Å². The van der Waals surface area contributed by atoms with Crippen molar-refractivity contribution in [3.05, 3.63) is 36.3 Å². The number of hydrogen-bond acceptors (Lipinski definition) is 8. The van der Waals surface area contributed by atoms with Crippen LogP contribution in [0.4, 0.5) is 5.69 Å². The Morgan fingerprint density at radius 3 is 2.53 bits per heavy atom. The first-order chi connectivity index (χ1) is 21.5. The molecule has 1 aliphatic carbocycles. The van der Waals surface area contributed by atoms with Crippen LogP contribution in [0.2, 0.25) is 0 Å². The molecule has 0 unspecified atom stereocenters. The van der Waals surface area contributed by atoms with Crippen molar-refractivity contribution in [1.82, 2.24) is 19.4 Å². The summed E-state index contributed by atoms with van der Waals surface area (Å²) in [6.45, 7) is 8.48. The standard InChI is InChI=1S/C33H53N5O6S/c1-24-18-38(25(2)22-39)33(40)29-17-28(35-45(41,42)32-21-37(5)23-34-32)14-15-30(29)44-26(3)11-9-10-16-43-31(24)20-36(4)19-27-12-7-6-8-13-27/h14-15,17,21,23-27,31,35,39H,6-13,16,18-20,22H2,1-5H3/t24-,25+,26+,31+/m0/s1. The number of aliphatic hydroxyl groups excluding tert-OH is 1. The van der Waals surface area contributed by atoms with Gasteiger partial charge < -0.3 is 28.9 Å². The van der Waals surface area contributed by atoms with Crippen LogP contribution in [0.3, 0.4) is 0 Å². The molecule has 2 aromatic rings. The number of benzene rings is 1. The van der Waals surface area contributed by atoms with Crippen LogP contribution in [0.5, 0.6) is 5.75 Å². The third-order valence-corrected chi connectivity index (χ3v) is 10.3. The van der Waals surface area contributed by atoms with Crippen molar-refractivity contribution in [3.63, 3.8) is 0 Å².